The summed E-state index contributed by atoms with van der Waals surface area (Å²) < 4.78 is 5.13. The van der Waals surface area contributed by atoms with Gasteiger partial charge < -0.3 is 9.22 Å². The van der Waals surface area contributed by atoms with Crippen molar-refractivity contribution in [2.45, 2.75) is 12.0 Å². The molecule has 0 aromatic heterocycles. The summed E-state index contributed by atoms with van der Waals surface area (Å²) >= 11 is 0. The largest absolute Gasteiger partial charge is 0.478 e. The minimum Gasteiger partial charge on any atom is -0.478 e. The first-order chi connectivity index (χ1) is 5.63. The molecule has 3 nitrogen and oxygen atoms in total. The van der Waals surface area contributed by atoms with Gasteiger partial charge in [0, 0.05) is 11.1 Å². The average molecular weight is 202 g/mol. The molecule has 5 heteroatoms. The lowest BCUT2D eigenvalue weighted by atomic mass is 10.1. The van der Waals surface area contributed by atoms with Gasteiger partial charge in [-0.15, -0.1) is 6.58 Å². The van der Waals surface area contributed by atoms with E-state index in [1.165, 1.54) is 0 Å². The van der Waals surface area contributed by atoms with Crippen molar-refractivity contribution in [2.24, 2.45) is 0 Å². The Balaban J connectivity index is 4.17. The highest BCUT2D eigenvalue weighted by Crippen LogP contribution is 2.19. The third-order valence-electron chi connectivity index (χ3n) is 1.59. The monoisotopic (exact) mass is 202 g/mol. The van der Waals surface area contributed by atoms with E-state index in [0.717, 1.165) is 0 Å². The first-order valence-electron chi connectivity index (χ1n) is 3.65. The Kier molecular flexibility index (Phi) is 5.60. The Morgan fingerprint density at radius 2 is 2.42 bits per heavy atom. The number of allylic oxidation sites excluding steroid dienone is 1. The van der Waals surface area contributed by atoms with Gasteiger partial charge in [0.2, 0.25) is 0 Å². The molecule has 0 fully saturated rings. The molecule has 0 heterocycles. The molecule has 0 aromatic rings. The number of carboxylic acids is 1. The molecule has 1 atom stereocenters. The van der Waals surface area contributed by atoms with E-state index < -0.39 is 15.7 Å². The van der Waals surface area contributed by atoms with Gasteiger partial charge in [-0.25, -0.2) is 4.79 Å². The topological polar surface area (TPSA) is 46.5 Å². The van der Waals surface area contributed by atoms with Gasteiger partial charge in [-0.05, 0) is 6.42 Å². The number of rotatable bonds is 6. The summed E-state index contributed by atoms with van der Waals surface area (Å²) in [6.07, 6.45) is 2.38. The Labute approximate surface area is 77.6 Å². The molecule has 0 aliphatic rings. The Morgan fingerprint density at radius 3 is 2.75 bits per heavy atom. The van der Waals surface area contributed by atoms with Crippen LogP contribution in [0.15, 0.2) is 24.8 Å². The molecule has 0 radical (unpaired) electrons. The zero-order valence-corrected chi connectivity index (χ0v) is 10.7. The van der Waals surface area contributed by atoms with Gasteiger partial charge in [-0.2, -0.15) is 0 Å². The zero-order valence-electron chi connectivity index (χ0n) is 7.25. The Bertz CT molecular complexity index is 191. The zero-order chi connectivity index (χ0) is 9.56. The van der Waals surface area contributed by atoms with Crippen molar-refractivity contribution in [1.82, 2.24) is 0 Å². The predicted molar refractivity (Wildman–Crippen MR) is 54.9 cm³/mol. The van der Waals surface area contributed by atoms with Crippen LogP contribution in [0.2, 0.25) is 5.54 Å². The van der Waals surface area contributed by atoms with Gasteiger partial charge in [-0.1, -0.05) is 12.7 Å². The van der Waals surface area contributed by atoms with E-state index in [0.29, 0.717) is 16.9 Å². The fraction of sp³-hybridized carbons (Fsp3) is 0.286. The Hall–Kier alpha value is -0.656. The van der Waals surface area contributed by atoms with E-state index in [9.17, 15) is 4.79 Å². The van der Waals surface area contributed by atoms with Crippen LogP contribution in [0.4, 0.5) is 0 Å². The third-order valence-corrected chi connectivity index (χ3v) is 4.15. The van der Waals surface area contributed by atoms with Crippen LogP contribution in [0.1, 0.15) is 6.42 Å². The Morgan fingerprint density at radius 1 is 1.83 bits per heavy atom. The van der Waals surface area contributed by atoms with Gasteiger partial charge in [0.05, 0.1) is 0 Å². The SMILES string of the molecule is C=CCC([SiH2]O[SiH3])C(=C)C(=O)O. The first kappa shape index (κ1) is 11.3. The molecular formula is C7H14O3Si2. The van der Waals surface area contributed by atoms with Crippen molar-refractivity contribution in [2.75, 3.05) is 0 Å². The van der Waals surface area contributed by atoms with Gasteiger partial charge in [0.15, 0.2) is 9.76 Å². The maximum absolute atomic E-state index is 10.5. The molecule has 68 valence electrons. The summed E-state index contributed by atoms with van der Waals surface area (Å²) in [6, 6.07) is 0. The van der Waals surface area contributed by atoms with Crippen molar-refractivity contribution in [1.29, 1.82) is 0 Å². The minimum absolute atomic E-state index is 0.0116. The summed E-state index contributed by atoms with van der Waals surface area (Å²) in [5.74, 6) is -0.923. The smallest absolute Gasteiger partial charge is 0.331 e. The van der Waals surface area contributed by atoms with Gasteiger partial charge in [0.25, 0.3) is 0 Å². The van der Waals surface area contributed by atoms with Crippen LogP contribution < -0.4 is 0 Å². The molecule has 0 aromatic carbocycles. The predicted octanol–water partition coefficient (Wildman–Crippen LogP) is -0.627. The molecule has 1 unspecified atom stereocenters. The van der Waals surface area contributed by atoms with Crippen molar-refractivity contribution < 1.29 is 14.0 Å². The standard InChI is InChI=1S/C7H14O3Si2/c1-3-4-6(12-10-11)5(2)7(8)9/h3,6H,1-2,4,12H2,11H3,(H,8,9). The van der Waals surface area contributed by atoms with Crippen LogP contribution in [0, 0.1) is 0 Å². The number of carbonyl (C=O) groups is 1. The summed E-state index contributed by atoms with van der Waals surface area (Å²) in [5, 5.41) is 8.65. The molecule has 0 aliphatic heterocycles. The number of hydrogen-bond acceptors (Lipinski definition) is 2. The lowest BCUT2D eigenvalue weighted by molar-refractivity contribution is -0.132. The van der Waals surface area contributed by atoms with Crippen molar-refractivity contribution in [3.63, 3.8) is 0 Å². The van der Waals surface area contributed by atoms with Crippen molar-refractivity contribution in [3.8, 4) is 0 Å². The number of carboxylic acid groups (broad SMARTS) is 1. The number of aliphatic carboxylic acids is 1. The molecule has 1 N–H and O–H groups in total. The highest BCUT2D eigenvalue weighted by atomic mass is 28.3. The van der Waals surface area contributed by atoms with E-state index in [1.807, 2.05) is 0 Å². The van der Waals surface area contributed by atoms with Crippen LogP contribution >= 0.6 is 0 Å². The van der Waals surface area contributed by atoms with Gasteiger partial charge >= 0.3 is 5.97 Å². The highest BCUT2D eigenvalue weighted by molar-refractivity contribution is 6.38. The second-order valence-corrected chi connectivity index (χ2v) is 6.14. The van der Waals surface area contributed by atoms with E-state index in [2.05, 4.69) is 13.2 Å². The maximum Gasteiger partial charge on any atom is 0.331 e. The number of hydrogen-bond donors (Lipinski definition) is 1. The summed E-state index contributed by atoms with van der Waals surface area (Å²) in [7, 11) is -0.0764. The lowest BCUT2D eigenvalue weighted by Gasteiger charge is -2.12. The van der Waals surface area contributed by atoms with Crippen molar-refractivity contribution in [3.05, 3.63) is 24.8 Å². The van der Waals surface area contributed by atoms with E-state index >= 15 is 0 Å². The van der Waals surface area contributed by atoms with E-state index in [4.69, 9.17) is 9.22 Å². The average Bonchev–Trinajstić information content (AvgIpc) is 2.03. The molecular weight excluding hydrogens is 188 g/mol. The van der Waals surface area contributed by atoms with Gasteiger partial charge in [-0.3, -0.25) is 0 Å². The summed E-state index contributed by atoms with van der Waals surface area (Å²) in [6.45, 7) is 7.08. The molecule has 0 aliphatic carbocycles. The van der Waals surface area contributed by atoms with Crippen molar-refractivity contribution >= 4 is 26.2 Å². The fourth-order valence-corrected chi connectivity index (χ4v) is 3.24. The molecule has 0 amide bonds. The fourth-order valence-electron chi connectivity index (χ4n) is 0.888. The second-order valence-electron chi connectivity index (χ2n) is 2.51. The molecule has 0 rings (SSSR count). The van der Waals surface area contributed by atoms with Crippen LogP contribution in [0.3, 0.4) is 0 Å². The van der Waals surface area contributed by atoms with Crippen LogP contribution in [0.25, 0.3) is 0 Å². The molecule has 0 bridgehead atoms. The maximum atomic E-state index is 10.5. The summed E-state index contributed by atoms with van der Waals surface area (Å²) in [4.78, 5) is 10.5. The van der Waals surface area contributed by atoms with Crippen LogP contribution in [0.5, 0.6) is 0 Å². The molecule has 0 saturated heterocycles. The highest BCUT2D eigenvalue weighted by Gasteiger charge is 2.16. The third kappa shape index (κ3) is 3.65. The normalized spacial score (nSPS) is 13.3. The van der Waals surface area contributed by atoms with Crippen LogP contribution in [-0.2, 0) is 8.91 Å². The van der Waals surface area contributed by atoms with E-state index in [-0.39, 0.29) is 11.1 Å². The lowest BCUT2D eigenvalue weighted by Crippen LogP contribution is -2.14. The quantitative estimate of drug-likeness (QED) is 0.354. The van der Waals surface area contributed by atoms with E-state index in [1.54, 1.807) is 6.08 Å². The molecule has 0 spiro atoms. The first-order valence-corrected chi connectivity index (χ1v) is 5.86. The molecule has 12 heavy (non-hydrogen) atoms. The van der Waals surface area contributed by atoms with Crippen LogP contribution in [-0.4, -0.2) is 31.3 Å². The van der Waals surface area contributed by atoms with Gasteiger partial charge in [0.1, 0.15) is 10.5 Å². The summed E-state index contributed by atoms with van der Waals surface area (Å²) in [5.41, 5.74) is 0.273. The minimum atomic E-state index is -0.923. The second kappa shape index (κ2) is 5.93. The molecule has 0 saturated carbocycles.